The van der Waals surface area contributed by atoms with Crippen molar-refractivity contribution in [1.82, 2.24) is 30.0 Å². The van der Waals surface area contributed by atoms with Gasteiger partial charge in [0.2, 0.25) is 0 Å². The highest BCUT2D eigenvalue weighted by atomic mass is 19.1. The van der Waals surface area contributed by atoms with Crippen molar-refractivity contribution < 1.29 is 4.39 Å². The second-order valence-corrected chi connectivity index (χ2v) is 6.98. The summed E-state index contributed by atoms with van der Waals surface area (Å²) in [7, 11) is 0. The third-order valence-corrected chi connectivity index (χ3v) is 5.25. The fraction of sp³-hybridized carbons (Fsp3) is 0.250. The lowest BCUT2D eigenvalue weighted by molar-refractivity contribution is 0.250. The van der Waals surface area contributed by atoms with Gasteiger partial charge in [0.1, 0.15) is 23.6 Å². The molecule has 2 N–H and O–H groups in total. The lowest BCUT2D eigenvalue weighted by atomic mass is 10.1. The van der Waals surface area contributed by atoms with Gasteiger partial charge in [0, 0.05) is 50.0 Å². The van der Waals surface area contributed by atoms with E-state index in [2.05, 4.69) is 34.9 Å². The molecule has 0 bridgehead atoms. The van der Waals surface area contributed by atoms with Crippen molar-refractivity contribution in [1.29, 1.82) is 0 Å². The van der Waals surface area contributed by atoms with E-state index in [4.69, 9.17) is 0 Å². The molecule has 5 rings (SSSR count). The highest BCUT2D eigenvalue weighted by Crippen LogP contribution is 2.25. The molecule has 0 atom stereocenters. The number of aromatic nitrogens is 5. The molecule has 28 heavy (non-hydrogen) atoms. The minimum Gasteiger partial charge on any atom is -0.353 e. The molecule has 8 heteroatoms. The van der Waals surface area contributed by atoms with E-state index < -0.39 is 0 Å². The monoisotopic (exact) mass is 377 g/mol. The Morgan fingerprint density at radius 2 is 1.82 bits per heavy atom. The van der Waals surface area contributed by atoms with Crippen LogP contribution in [0.2, 0.25) is 0 Å². The maximum absolute atomic E-state index is 13.2. The van der Waals surface area contributed by atoms with Gasteiger partial charge in [0.15, 0.2) is 0 Å². The van der Waals surface area contributed by atoms with Gasteiger partial charge in [-0.3, -0.25) is 10.00 Å². The van der Waals surface area contributed by atoms with Gasteiger partial charge in [-0.05, 0) is 30.3 Å². The zero-order valence-corrected chi connectivity index (χ0v) is 15.3. The van der Waals surface area contributed by atoms with Crippen LogP contribution in [0.15, 0.2) is 49.1 Å². The number of piperazine rings is 1. The smallest absolute Gasteiger partial charge is 0.142 e. The molecule has 4 heterocycles. The zero-order valence-electron chi connectivity index (χ0n) is 15.3. The topological polar surface area (TPSA) is 76.7 Å². The Balaban J connectivity index is 1.28. The van der Waals surface area contributed by atoms with Crippen molar-refractivity contribution in [2.45, 2.75) is 6.54 Å². The number of H-pyrrole nitrogens is 2. The average molecular weight is 377 g/mol. The molecule has 0 aliphatic carbocycles. The standard InChI is InChI=1S/C20H20FN7/c21-16-3-1-14(2-4-16)18-15(11-25-26-18)12-27-7-9-28(10-8-27)20-17-5-6-22-19(17)23-13-24-20/h1-6,11,13H,7-10,12H2,(H,25,26)(H,22,23,24). The first-order valence-corrected chi connectivity index (χ1v) is 9.31. The summed E-state index contributed by atoms with van der Waals surface area (Å²) < 4.78 is 13.2. The predicted molar refractivity (Wildman–Crippen MR) is 105 cm³/mol. The third kappa shape index (κ3) is 3.11. The van der Waals surface area contributed by atoms with Crippen LogP contribution in [0, 0.1) is 5.82 Å². The number of halogens is 1. The van der Waals surface area contributed by atoms with E-state index in [9.17, 15) is 4.39 Å². The van der Waals surface area contributed by atoms with Gasteiger partial charge >= 0.3 is 0 Å². The number of hydrogen-bond acceptors (Lipinski definition) is 5. The van der Waals surface area contributed by atoms with Crippen LogP contribution in [0.25, 0.3) is 22.3 Å². The molecule has 4 aromatic rings. The van der Waals surface area contributed by atoms with E-state index in [1.165, 1.54) is 12.1 Å². The van der Waals surface area contributed by atoms with Crippen molar-refractivity contribution in [2.24, 2.45) is 0 Å². The molecule has 1 fully saturated rings. The first-order valence-electron chi connectivity index (χ1n) is 9.31. The van der Waals surface area contributed by atoms with Crippen LogP contribution < -0.4 is 4.90 Å². The summed E-state index contributed by atoms with van der Waals surface area (Å²) in [6.07, 6.45) is 5.37. The average Bonchev–Trinajstić information content (AvgIpc) is 3.38. The molecule has 3 aromatic heterocycles. The number of hydrogen-bond donors (Lipinski definition) is 2. The van der Waals surface area contributed by atoms with E-state index in [-0.39, 0.29) is 5.82 Å². The number of nitrogens with zero attached hydrogens (tertiary/aromatic N) is 5. The molecule has 0 spiro atoms. The molecule has 1 aromatic carbocycles. The number of fused-ring (bicyclic) bond motifs is 1. The van der Waals surface area contributed by atoms with Crippen LogP contribution in [-0.4, -0.2) is 56.2 Å². The summed E-state index contributed by atoms with van der Waals surface area (Å²) in [5.41, 5.74) is 3.89. The van der Waals surface area contributed by atoms with Crippen LogP contribution >= 0.6 is 0 Å². The zero-order chi connectivity index (χ0) is 18.9. The minimum absolute atomic E-state index is 0.234. The van der Waals surface area contributed by atoms with Crippen LogP contribution in [-0.2, 0) is 6.54 Å². The van der Waals surface area contributed by atoms with Crippen molar-refractivity contribution in [3.63, 3.8) is 0 Å². The fourth-order valence-electron chi connectivity index (χ4n) is 3.77. The van der Waals surface area contributed by atoms with E-state index >= 15 is 0 Å². The first-order chi connectivity index (χ1) is 13.8. The van der Waals surface area contributed by atoms with Crippen LogP contribution in [0.4, 0.5) is 10.2 Å². The van der Waals surface area contributed by atoms with E-state index in [0.717, 1.165) is 66.4 Å². The van der Waals surface area contributed by atoms with Crippen molar-refractivity contribution in [3.05, 3.63) is 60.4 Å². The van der Waals surface area contributed by atoms with Gasteiger partial charge in [-0.2, -0.15) is 5.10 Å². The molecule has 142 valence electrons. The summed E-state index contributed by atoms with van der Waals surface area (Å²) in [4.78, 5) is 16.6. The maximum Gasteiger partial charge on any atom is 0.142 e. The molecule has 1 aliphatic heterocycles. The summed E-state index contributed by atoms with van der Waals surface area (Å²) in [5, 5.41) is 8.31. The number of rotatable bonds is 4. The second kappa shape index (κ2) is 7.05. The van der Waals surface area contributed by atoms with Crippen LogP contribution in [0.3, 0.4) is 0 Å². The van der Waals surface area contributed by atoms with Crippen LogP contribution in [0.5, 0.6) is 0 Å². The van der Waals surface area contributed by atoms with Crippen LogP contribution in [0.1, 0.15) is 5.56 Å². The molecular formula is C20H20FN7. The Labute approximate surface area is 161 Å². The van der Waals surface area contributed by atoms with Gasteiger partial charge in [-0.25, -0.2) is 14.4 Å². The van der Waals surface area contributed by atoms with Crippen molar-refractivity contribution in [2.75, 3.05) is 31.1 Å². The minimum atomic E-state index is -0.234. The van der Waals surface area contributed by atoms with Gasteiger partial charge in [-0.1, -0.05) is 0 Å². The molecule has 1 aliphatic rings. The SMILES string of the molecule is Fc1ccc(-c2[nH]ncc2CN2CCN(c3ncnc4[nH]ccc34)CC2)cc1. The van der Waals surface area contributed by atoms with Crippen molar-refractivity contribution in [3.8, 4) is 11.3 Å². The Hall–Kier alpha value is -3.26. The van der Waals surface area contributed by atoms with E-state index in [1.54, 1.807) is 18.5 Å². The highest BCUT2D eigenvalue weighted by molar-refractivity contribution is 5.87. The van der Waals surface area contributed by atoms with Gasteiger partial charge < -0.3 is 9.88 Å². The Morgan fingerprint density at radius 1 is 1.00 bits per heavy atom. The van der Waals surface area contributed by atoms with Gasteiger partial charge in [0.05, 0.1) is 17.3 Å². The predicted octanol–water partition coefficient (Wildman–Crippen LogP) is 2.81. The number of nitrogens with one attached hydrogen (secondary N) is 2. The Morgan fingerprint density at radius 3 is 2.64 bits per heavy atom. The molecular weight excluding hydrogens is 357 g/mol. The first kappa shape index (κ1) is 16.9. The van der Waals surface area contributed by atoms with Gasteiger partial charge in [-0.15, -0.1) is 0 Å². The second-order valence-electron chi connectivity index (χ2n) is 6.98. The molecule has 7 nitrogen and oxygen atoms in total. The Bertz CT molecular complexity index is 1080. The van der Waals surface area contributed by atoms with E-state index in [0.29, 0.717) is 0 Å². The van der Waals surface area contributed by atoms with Crippen molar-refractivity contribution >= 4 is 16.9 Å². The summed E-state index contributed by atoms with van der Waals surface area (Å²) in [6.45, 7) is 4.48. The Kier molecular flexibility index (Phi) is 4.25. The summed E-state index contributed by atoms with van der Waals surface area (Å²) in [5.74, 6) is 0.753. The fourth-order valence-corrected chi connectivity index (χ4v) is 3.77. The quantitative estimate of drug-likeness (QED) is 0.572. The third-order valence-electron chi connectivity index (χ3n) is 5.25. The molecule has 0 saturated carbocycles. The van der Waals surface area contributed by atoms with E-state index in [1.807, 2.05) is 18.5 Å². The largest absolute Gasteiger partial charge is 0.353 e. The molecule has 1 saturated heterocycles. The lowest BCUT2D eigenvalue weighted by Gasteiger charge is -2.35. The summed E-state index contributed by atoms with van der Waals surface area (Å²) in [6, 6.07) is 8.53. The molecule has 0 unspecified atom stereocenters. The normalized spacial score (nSPS) is 15.4. The highest BCUT2D eigenvalue weighted by Gasteiger charge is 2.21. The molecule has 0 radical (unpaired) electrons. The maximum atomic E-state index is 13.2. The molecule has 0 amide bonds. The van der Waals surface area contributed by atoms with Gasteiger partial charge in [0.25, 0.3) is 0 Å². The number of anilines is 1. The summed E-state index contributed by atoms with van der Waals surface area (Å²) >= 11 is 0. The number of benzene rings is 1. The lowest BCUT2D eigenvalue weighted by Crippen LogP contribution is -2.46. The number of aromatic amines is 2.